The molecule has 0 fully saturated rings. The first-order chi connectivity index (χ1) is 5.92. The van der Waals surface area contributed by atoms with Crippen LogP contribution in [0.1, 0.15) is 6.92 Å². The van der Waals surface area contributed by atoms with Gasteiger partial charge >= 0.3 is 12.4 Å². The zero-order chi connectivity index (χ0) is 11.8. The quantitative estimate of drug-likeness (QED) is 0.532. The number of rotatable bonds is 2. The maximum Gasteiger partial charge on any atom is 0.426 e. The Morgan fingerprint density at radius 2 is 1.21 bits per heavy atom. The van der Waals surface area contributed by atoms with E-state index in [2.05, 4.69) is 4.52 Å². The van der Waals surface area contributed by atoms with Gasteiger partial charge in [-0.15, -0.1) is 0 Å². The summed E-state index contributed by atoms with van der Waals surface area (Å²) in [5.74, 6) is 0. The van der Waals surface area contributed by atoms with E-state index in [1.54, 1.807) is 0 Å². The highest BCUT2D eigenvalue weighted by molar-refractivity contribution is 8.00. The van der Waals surface area contributed by atoms with Crippen LogP contribution in [0.5, 0.6) is 0 Å². The van der Waals surface area contributed by atoms with E-state index < -0.39 is 24.8 Å². The van der Waals surface area contributed by atoms with Crippen LogP contribution in [0.25, 0.3) is 0 Å². The van der Waals surface area contributed by atoms with Crippen LogP contribution in [-0.4, -0.2) is 18.0 Å². The van der Waals surface area contributed by atoms with E-state index >= 15 is 0 Å². The fourth-order valence-electron chi connectivity index (χ4n) is 0.402. The molecule has 0 unspecified atom stereocenters. The first-order valence-corrected chi connectivity index (χ1v) is 5.93. The predicted octanol–water partition coefficient (Wildman–Crippen LogP) is 4.59. The van der Waals surface area contributed by atoms with Gasteiger partial charge in [0.1, 0.15) is 0 Å². The molecule has 0 atom stereocenters. The molecule has 0 bridgehead atoms. The number of halogens is 8. The lowest BCUT2D eigenvalue weighted by Crippen LogP contribution is -2.55. The zero-order valence-electron chi connectivity index (χ0n) is 6.38. The van der Waals surface area contributed by atoms with Gasteiger partial charge in [0.2, 0.25) is 6.85 Å². The molecule has 0 aliphatic rings. The lowest BCUT2D eigenvalue weighted by Gasteiger charge is -2.33. The summed E-state index contributed by atoms with van der Waals surface area (Å²) < 4.78 is 75.6. The van der Waals surface area contributed by atoms with Crippen LogP contribution in [0.2, 0.25) is 0 Å². The van der Waals surface area contributed by atoms with Crippen LogP contribution in [0, 0.1) is 0 Å². The van der Waals surface area contributed by atoms with Gasteiger partial charge in [-0.05, 0) is 29.4 Å². The molecule has 0 radical (unpaired) electrons. The van der Waals surface area contributed by atoms with E-state index in [1.807, 2.05) is 0 Å². The highest BCUT2D eigenvalue weighted by Gasteiger charge is 2.70. The van der Waals surface area contributed by atoms with E-state index in [9.17, 15) is 26.3 Å². The fourth-order valence-corrected chi connectivity index (χ4v) is 1.71. The summed E-state index contributed by atoms with van der Waals surface area (Å²) in [6.45, 7) is -2.99. The molecule has 0 rings (SSSR count). The van der Waals surface area contributed by atoms with E-state index in [0.29, 0.717) is 0 Å². The summed E-state index contributed by atoms with van der Waals surface area (Å²) >= 11 is 9.56. The minimum Gasteiger partial charge on any atom is -0.306 e. The highest BCUT2D eigenvalue weighted by Crippen LogP contribution is 2.58. The Hall–Kier alpha value is 0.550. The van der Waals surface area contributed by atoms with Gasteiger partial charge in [-0.25, -0.2) is 0 Å². The summed E-state index contributed by atoms with van der Waals surface area (Å²) in [5.41, 5.74) is -4.34. The van der Waals surface area contributed by atoms with Gasteiger partial charge in [-0.1, -0.05) is 0 Å². The maximum absolute atomic E-state index is 12.0. The SMILES string of the molecule is CC(OP(Cl)Cl)(C(F)(F)F)C(F)(F)F. The number of alkyl halides is 6. The van der Waals surface area contributed by atoms with Gasteiger partial charge in [0.25, 0.3) is 5.60 Å². The van der Waals surface area contributed by atoms with Crippen molar-refractivity contribution in [3.05, 3.63) is 0 Å². The molecule has 0 amide bonds. The van der Waals surface area contributed by atoms with Crippen LogP contribution in [-0.2, 0) is 4.52 Å². The lowest BCUT2D eigenvalue weighted by molar-refractivity contribution is -0.348. The molecule has 0 aliphatic carbocycles. The smallest absolute Gasteiger partial charge is 0.306 e. The molecule has 0 saturated carbocycles. The second kappa shape index (κ2) is 4.20. The van der Waals surface area contributed by atoms with Gasteiger partial charge < -0.3 is 4.52 Å². The molecule has 0 N–H and O–H groups in total. The lowest BCUT2D eigenvalue weighted by atomic mass is 10.1. The monoisotopic (exact) mass is 282 g/mol. The molecule has 86 valence electrons. The van der Waals surface area contributed by atoms with E-state index in [0.717, 1.165) is 0 Å². The third-order valence-electron chi connectivity index (χ3n) is 1.33. The first-order valence-electron chi connectivity index (χ1n) is 2.86. The Kier molecular flexibility index (Phi) is 4.36. The third-order valence-corrected chi connectivity index (χ3v) is 2.25. The Labute approximate surface area is 85.7 Å². The molecule has 0 heterocycles. The Bertz CT molecular complexity index is 187. The van der Waals surface area contributed by atoms with Crippen molar-refractivity contribution in [1.29, 1.82) is 0 Å². The molecule has 0 aromatic rings. The van der Waals surface area contributed by atoms with E-state index in [-0.39, 0.29) is 6.92 Å². The van der Waals surface area contributed by atoms with Crippen molar-refractivity contribution < 1.29 is 30.9 Å². The van der Waals surface area contributed by atoms with Crippen molar-refractivity contribution in [3.63, 3.8) is 0 Å². The van der Waals surface area contributed by atoms with Gasteiger partial charge in [0, 0.05) is 0 Å². The summed E-state index contributed by atoms with van der Waals surface area (Å²) in [5, 5.41) is 0. The highest BCUT2D eigenvalue weighted by atomic mass is 35.9. The molecule has 14 heavy (non-hydrogen) atoms. The summed E-state index contributed by atoms with van der Waals surface area (Å²) in [7, 11) is 0. The fraction of sp³-hybridized carbons (Fsp3) is 1.00. The summed E-state index contributed by atoms with van der Waals surface area (Å²) in [4.78, 5) is 0. The molecule has 10 heteroatoms. The van der Waals surface area contributed by atoms with Crippen molar-refractivity contribution in [1.82, 2.24) is 0 Å². The number of hydrogen-bond donors (Lipinski definition) is 0. The van der Waals surface area contributed by atoms with E-state index in [4.69, 9.17) is 22.5 Å². The van der Waals surface area contributed by atoms with Crippen LogP contribution in [0.3, 0.4) is 0 Å². The second-order valence-corrected chi connectivity index (χ2v) is 5.27. The van der Waals surface area contributed by atoms with Crippen molar-refractivity contribution in [2.45, 2.75) is 24.9 Å². The second-order valence-electron chi connectivity index (χ2n) is 2.32. The number of hydrogen-bond acceptors (Lipinski definition) is 1. The van der Waals surface area contributed by atoms with Crippen molar-refractivity contribution in [2.75, 3.05) is 0 Å². The van der Waals surface area contributed by atoms with Crippen molar-refractivity contribution >= 4 is 29.3 Å². The Morgan fingerprint density at radius 3 is 1.29 bits per heavy atom. The molecule has 0 aliphatic heterocycles. The molecular weight excluding hydrogens is 280 g/mol. The van der Waals surface area contributed by atoms with Gasteiger partial charge in [0.05, 0.1) is 0 Å². The predicted molar refractivity (Wildman–Crippen MR) is 40.2 cm³/mol. The normalized spacial score (nSPS) is 15.0. The minimum atomic E-state index is -5.63. The standard InChI is InChI=1S/C4H3Cl2F6OP/c1-2(3(7,8)9,4(10,11)12)13-14(5)6/h1H3. The molecule has 0 saturated heterocycles. The summed E-state index contributed by atoms with van der Waals surface area (Å²) in [6.07, 6.45) is -11.3. The van der Waals surface area contributed by atoms with Crippen LogP contribution < -0.4 is 0 Å². The Morgan fingerprint density at radius 1 is 0.929 bits per heavy atom. The van der Waals surface area contributed by atoms with Gasteiger partial charge in [0.15, 0.2) is 0 Å². The molecule has 0 spiro atoms. The van der Waals surface area contributed by atoms with Crippen LogP contribution in [0.15, 0.2) is 0 Å². The molecular formula is C4H3Cl2F6OP. The average Bonchev–Trinajstić information content (AvgIpc) is 1.79. The minimum absolute atomic E-state index is 0.174. The van der Waals surface area contributed by atoms with Crippen LogP contribution in [0.4, 0.5) is 26.3 Å². The molecule has 1 nitrogen and oxygen atoms in total. The average molecular weight is 283 g/mol. The van der Waals surface area contributed by atoms with Crippen molar-refractivity contribution in [3.8, 4) is 0 Å². The van der Waals surface area contributed by atoms with E-state index in [1.165, 1.54) is 0 Å². The topological polar surface area (TPSA) is 9.23 Å². The zero-order valence-corrected chi connectivity index (χ0v) is 8.79. The largest absolute Gasteiger partial charge is 0.426 e. The van der Waals surface area contributed by atoms with Gasteiger partial charge in [-0.2, -0.15) is 26.3 Å². The maximum atomic E-state index is 12.0. The molecule has 0 aromatic heterocycles. The molecule has 0 aromatic carbocycles. The first kappa shape index (κ1) is 14.5. The van der Waals surface area contributed by atoms with Crippen LogP contribution >= 0.6 is 29.3 Å². The Balaban J connectivity index is 5.07. The third kappa shape index (κ3) is 3.02. The summed E-state index contributed by atoms with van der Waals surface area (Å²) in [6, 6.07) is 0. The van der Waals surface area contributed by atoms with Crippen molar-refractivity contribution in [2.24, 2.45) is 0 Å². The van der Waals surface area contributed by atoms with Gasteiger partial charge in [-0.3, -0.25) is 0 Å².